The van der Waals surface area contributed by atoms with Crippen LogP contribution in [-0.2, 0) is 11.3 Å². The average Bonchev–Trinajstić information content (AvgIpc) is 3.06. The summed E-state index contributed by atoms with van der Waals surface area (Å²) in [6, 6.07) is 16.4. The third-order valence-electron chi connectivity index (χ3n) is 4.48. The second-order valence-corrected chi connectivity index (χ2v) is 6.28. The molecule has 2 atom stereocenters. The molecule has 1 heterocycles. The van der Waals surface area contributed by atoms with Gasteiger partial charge in [-0.3, -0.25) is 20.9 Å². The fraction of sp³-hybridized carbons (Fsp3) is 0.263. The smallest absolute Gasteiger partial charge is 0.414 e. The molecule has 0 radical (unpaired) electrons. The van der Waals surface area contributed by atoms with Crippen molar-refractivity contribution in [1.29, 1.82) is 5.41 Å². The molecule has 26 heavy (non-hydrogen) atoms. The van der Waals surface area contributed by atoms with Crippen molar-refractivity contribution in [2.45, 2.75) is 19.4 Å². The molecule has 0 saturated carbocycles. The van der Waals surface area contributed by atoms with Gasteiger partial charge in [0.05, 0.1) is 13.2 Å². The minimum atomic E-state index is -0.333. The van der Waals surface area contributed by atoms with E-state index >= 15 is 0 Å². The van der Waals surface area contributed by atoms with Crippen molar-refractivity contribution in [3.8, 4) is 5.75 Å². The number of nitrogens with one attached hydrogen (secondary N) is 2. The molecule has 2 amide bonds. The number of nitrogens with zero attached hydrogens (tertiary/aromatic N) is 2. The minimum absolute atomic E-state index is 0.0187. The summed E-state index contributed by atoms with van der Waals surface area (Å²) >= 11 is 0. The number of quaternary nitrogens is 1. The average molecular weight is 354 g/mol. The Morgan fingerprint density at radius 3 is 2.54 bits per heavy atom. The number of carbonyl (C=O) groups excluding carboxylic acids is 1. The summed E-state index contributed by atoms with van der Waals surface area (Å²) in [4.78, 5) is 18.1. The maximum atomic E-state index is 13.0. The van der Waals surface area contributed by atoms with Crippen molar-refractivity contribution in [3.05, 3.63) is 65.7 Å². The standard InChI is InChI=1S/C19H22N4O3/c1-14(12-15-6-4-3-5-7-15)23(13-18(20)26-22-23)19(24)21-16-8-10-17(25-2)11-9-16/h3-11,14,20H,12-13H2,1-2H3,(H,21,24). The first-order chi connectivity index (χ1) is 12.5. The molecule has 0 spiro atoms. The van der Waals surface area contributed by atoms with Gasteiger partial charge < -0.3 is 9.57 Å². The van der Waals surface area contributed by atoms with Crippen molar-refractivity contribution < 1.29 is 19.0 Å². The Bertz CT molecular complexity index is 779. The Labute approximate surface area is 152 Å². The molecule has 7 nitrogen and oxygen atoms in total. The van der Waals surface area contributed by atoms with Crippen LogP contribution >= 0.6 is 0 Å². The Morgan fingerprint density at radius 1 is 1.27 bits per heavy atom. The largest absolute Gasteiger partial charge is 0.524 e. The van der Waals surface area contributed by atoms with Crippen LogP contribution in [0.2, 0.25) is 0 Å². The first kappa shape index (κ1) is 17.9. The van der Waals surface area contributed by atoms with Gasteiger partial charge in [0.15, 0.2) is 6.54 Å². The van der Waals surface area contributed by atoms with Crippen LogP contribution in [0, 0.1) is 5.41 Å². The van der Waals surface area contributed by atoms with Crippen LogP contribution in [0.15, 0.2) is 54.6 Å². The van der Waals surface area contributed by atoms with Crippen LogP contribution < -0.4 is 10.1 Å². The van der Waals surface area contributed by atoms with Gasteiger partial charge in [-0.05, 0) is 36.8 Å². The van der Waals surface area contributed by atoms with E-state index in [1.54, 1.807) is 31.4 Å². The van der Waals surface area contributed by atoms with E-state index in [2.05, 4.69) is 10.9 Å². The third kappa shape index (κ3) is 3.68. The molecule has 136 valence electrons. The maximum Gasteiger partial charge on any atom is 0.414 e. The van der Waals surface area contributed by atoms with Crippen LogP contribution in [0.4, 0.5) is 10.5 Å². The molecule has 1 aliphatic rings. The van der Waals surface area contributed by atoms with Gasteiger partial charge in [0, 0.05) is 12.1 Å². The van der Waals surface area contributed by atoms with Gasteiger partial charge in [-0.2, -0.15) is 0 Å². The van der Waals surface area contributed by atoms with E-state index in [0.717, 1.165) is 5.56 Å². The zero-order valence-electron chi connectivity index (χ0n) is 14.8. The summed E-state index contributed by atoms with van der Waals surface area (Å²) in [5.41, 5.74) is 5.78. The van der Waals surface area contributed by atoms with E-state index in [1.807, 2.05) is 37.3 Å². The Balaban J connectivity index is 1.79. The monoisotopic (exact) mass is 354 g/mol. The van der Waals surface area contributed by atoms with Crippen molar-refractivity contribution in [2.24, 2.45) is 0 Å². The van der Waals surface area contributed by atoms with Gasteiger partial charge in [-0.25, -0.2) is 4.79 Å². The third-order valence-corrected chi connectivity index (χ3v) is 4.48. The van der Waals surface area contributed by atoms with Crippen LogP contribution in [0.25, 0.3) is 5.59 Å². The summed E-state index contributed by atoms with van der Waals surface area (Å²) in [6.45, 7) is 2.03. The number of carbonyl (C=O) groups is 1. The molecule has 7 heteroatoms. The normalized spacial score (nSPS) is 20.3. The van der Waals surface area contributed by atoms with Gasteiger partial charge in [-0.15, -0.1) is 0 Å². The topological polar surface area (TPSA) is 85.5 Å². The molecule has 0 aromatic heterocycles. The first-order valence-corrected chi connectivity index (χ1v) is 8.38. The number of hydrogen-bond donors (Lipinski definition) is 2. The van der Waals surface area contributed by atoms with Gasteiger partial charge >= 0.3 is 6.03 Å². The van der Waals surface area contributed by atoms with E-state index in [9.17, 15) is 4.79 Å². The molecule has 3 rings (SSSR count). The van der Waals surface area contributed by atoms with Crippen LogP contribution in [-0.4, -0.2) is 36.2 Å². The quantitative estimate of drug-likeness (QED) is 0.799. The highest BCUT2D eigenvalue weighted by molar-refractivity contribution is 5.88. The zero-order valence-corrected chi connectivity index (χ0v) is 14.8. The van der Waals surface area contributed by atoms with Gasteiger partial charge in [0.1, 0.15) is 5.75 Å². The molecule has 0 bridgehead atoms. The maximum absolute atomic E-state index is 13.0. The van der Waals surface area contributed by atoms with Gasteiger partial charge in [-0.1, -0.05) is 30.3 Å². The number of amides is 2. The molecule has 0 aliphatic carbocycles. The zero-order chi connectivity index (χ0) is 18.6. The molecule has 1 aliphatic heterocycles. The second kappa shape index (κ2) is 7.55. The fourth-order valence-electron chi connectivity index (χ4n) is 2.95. The molecule has 2 unspecified atom stereocenters. The molecular formula is C19H22N4O3. The lowest BCUT2D eigenvalue weighted by molar-refractivity contribution is -0.829. The Morgan fingerprint density at radius 2 is 1.96 bits per heavy atom. The highest BCUT2D eigenvalue weighted by atomic mass is 16.7. The summed E-state index contributed by atoms with van der Waals surface area (Å²) < 4.78 is 4.81. The van der Waals surface area contributed by atoms with Crippen LogP contribution in [0.3, 0.4) is 0 Å². The lowest BCUT2D eigenvalue weighted by Gasteiger charge is -2.42. The lowest BCUT2D eigenvalue weighted by atomic mass is 10.1. The first-order valence-electron chi connectivity index (χ1n) is 8.38. The van der Waals surface area contributed by atoms with E-state index in [-0.39, 0.29) is 29.1 Å². The number of hydrogen-bond acceptors (Lipinski definition) is 4. The molecule has 2 aromatic carbocycles. The van der Waals surface area contributed by atoms with Crippen molar-refractivity contribution in [1.82, 2.24) is 0 Å². The van der Waals surface area contributed by atoms with Crippen LogP contribution in [0.1, 0.15) is 12.5 Å². The number of ether oxygens (including phenoxy) is 1. The highest BCUT2D eigenvalue weighted by Gasteiger charge is 2.41. The summed E-state index contributed by atoms with van der Waals surface area (Å²) in [5.74, 6) is 0.690. The number of methoxy groups -OCH3 is 1. The fourth-order valence-corrected chi connectivity index (χ4v) is 2.95. The molecule has 2 aromatic rings. The molecular weight excluding hydrogens is 332 g/mol. The summed E-state index contributed by atoms with van der Waals surface area (Å²) in [7, 11) is 1.59. The molecule has 1 saturated heterocycles. The summed E-state index contributed by atoms with van der Waals surface area (Å²) in [5, 5.41) is 10.6. The second-order valence-electron chi connectivity index (χ2n) is 6.28. The number of urea groups is 1. The van der Waals surface area contributed by atoms with Gasteiger partial charge in [0.25, 0.3) is 0 Å². The van der Waals surface area contributed by atoms with E-state index in [0.29, 0.717) is 17.9 Å². The Kier molecular flexibility index (Phi) is 5.20. The SMILES string of the molecule is COc1ccc(NC(=O)[N+]2(C(C)Cc3ccccc3)CC(=N)O[N-]2)cc1. The van der Waals surface area contributed by atoms with E-state index in [1.165, 1.54) is 0 Å². The van der Waals surface area contributed by atoms with Crippen LogP contribution in [0.5, 0.6) is 5.75 Å². The van der Waals surface area contributed by atoms with E-state index in [4.69, 9.17) is 15.0 Å². The Hall–Kier alpha value is -2.90. The van der Waals surface area contributed by atoms with E-state index < -0.39 is 0 Å². The predicted octanol–water partition coefficient (Wildman–Crippen LogP) is 3.89. The number of anilines is 1. The molecule has 2 N–H and O–H groups in total. The van der Waals surface area contributed by atoms with Gasteiger partial charge in [0.2, 0.25) is 5.90 Å². The van der Waals surface area contributed by atoms with Crippen molar-refractivity contribution in [2.75, 3.05) is 19.0 Å². The lowest BCUT2D eigenvalue weighted by Crippen LogP contribution is -2.56. The van der Waals surface area contributed by atoms with Crippen molar-refractivity contribution in [3.63, 3.8) is 0 Å². The highest BCUT2D eigenvalue weighted by Crippen LogP contribution is 2.31. The number of rotatable bonds is 5. The number of benzene rings is 2. The summed E-state index contributed by atoms with van der Waals surface area (Å²) in [6.07, 6.45) is 0.636. The predicted molar refractivity (Wildman–Crippen MR) is 98.9 cm³/mol. The molecule has 1 fully saturated rings. The minimum Gasteiger partial charge on any atom is -0.524 e. The van der Waals surface area contributed by atoms with Crippen molar-refractivity contribution >= 4 is 17.6 Å².